The number of carbonyl (C=O) groups is 1. The fraction of sp³-hybridized carbons (Fsp3) is 0.208. The largest absolute Gasteiger partial charge is 0.293 e. The Morgan fingerprint density at radius 1 is 1.03 bits per heavy atom. The third-order valence-electron chi connectivity index (χ3n) is 5.62. The van der Waals surface area contributed by atoms with Crippen LogP contribution in [0.25, 0.3) is 15.9 Å². The molecule has 2 aromatic heterocycles. The van der Waals surface area contributed by atoms with Gasteiger partial charge in [0.25, 0.3) is 5.56 Å². The van der Waals surface area contributed by atoms with Gasteiger partial charge in [0.2, 0.25) is 0 Å². The van der Waals surface area contributed by atoms with E-state index in [-0.39, 0.29) is 17.1 Å². The van der Waals surface area contributed by atoms with Gasteiger partial charge >= 0.3 is 0 Å². The SMILES string of the molecule is O=C(CSc1nc2sc3c(c2c(=O)n1-c1ccc(Cl)cc1)CCCC3)c1ccc(Cl)c(Cl)c1. The maximum Gasteiger partial charge on any atom is 0.267 e. The molecule has 1 aliphatic rings. The highest BCUT2D eigenvalue weighted by Crippen LogP contribution is 2.35. The number of nitrogens with zero attached hydrogens (tertiary/aromatic N) is 2. The molecular formula is C24H17Cl3N2O2S2. The molecule has 0 saturated heterocycles. The second kappa shape index (κ2) is 9.43. The number of hydrogen-bond acceptors (Lipinski definition) is 5. The van der Waals surface area contributed by atoms with Crippen LogP contribution in [-0.2, 0) is 12.8 Å². The molecule has 2 aromatic carbocycles. The second-order valence-electron chi connectivity index (χ2n) is 7.74. The number of rotatable bonds is 5. The Hall–Kier alpha value is -1.83. The van der Waals surface area contributed by atoms with Crippen molar-refractivity contribution in [3.8, 4) is 5.69 Å². The first-order valence-corrected chi connectivity index (χ1v) is 13.3. The zero-order chi connectivity index (χ0) is 23.1. The van der Waals surface area contributed by atoms with Crippen LogP contribution in [-0.4, -0.2) is 21.1 Å². The normalized spacial score (nSPS) is 13.3. The molecule has 0 saturated carbocycles. The van der Waals surface area contributed by atoms with Crippen LogP contribution < -0.4 is 5.56 Å². The van der Waals surface area contributed by atoms with Crippen LogP contribution in [0.3, 0.4) is 0 Å². The Morgan fingerprint density at radius 3 is 2.55 bits per heavy atom. The number of thiophene rings is 1. The summed E-state index contributed by atoms with van der Waals surface area (Å²) >= 11 is 20.9. The molecule has 0 unspecified atom stereocenters. The summed E-state index contributed by atoms with van der Waals surface area (Å²) in [4.78, 5) is 33.4. The van der Waals surface area contributed by atoms with E-state index in [1.807, 2.05) is 0 Å². The van der Waals surface area contributed by atoms with Gasteiger partial charge in [-0.1, -0.05) is 46.6 Å². The minimum absolute atomic E-state index is 0.105. The van der Waals surface area contributed by atoms with Crippen molar-refractivity contribution >= 4 is 73.9 Å². The van der Waals surface area contributed by atoms with E-state index in [0.717, 1.165) is 36.1 Å². The lowest BCUT2D eigenvalue weighted by Crippen LogP contribution is -2.22. The minimum Gasteiger partial charge on any atom is -0.293 e. The van der Waals surface area contributed by atoms with E-state index in [9.17, 15) is 9.59 Å². The van der Waals surface area contributed by atoms with Gasteiger partial charge in [-0.2, -0.15) is 0 Å². The Labute approximate surface area is 213 Å². The van der Waals surface area contributed by atoms with Gasteiger partial charge in [-0.15, -0.1) is 11.3 Å². The third-order valence-corrected chi connectivity index (χ3v) is 8.73. The summed E-state index contributed by atoms with van der Waals surface area (Å²) in [5.74, 6) is -0.0183. The van der Waals surface area contributed by atoms with Crippen LogP contribution in [0.15, 0.2) is 52.4 Å². The number of aryl methyl sites for hydroxylation is 2. The number of carbonyl (C=O) groups excluding carboxylic acids is 1. The van der Waals surface area contributed by atoms with Crippen molar-refractivity contribution in [1.29, 1.82) is 0 Å². The number of ketones is 1. The van der Waals surface area contributed by atoms with E-state index in [4.69, 9.17) is 39.8 Å². The fourth-order valence-corrected chi connectivity index (χ4v) is 6.62. The predicted octanol–water partition coefficient (Wildman–Crippen LogP) is 7.26. The zero-order valence-electron chi connectivity index (χ0n) is 17.2. The summed E-state index contributed by atoms with van der Waals surface area (Å²) in [6.07, 6.45) is 4.09. The molecule has 33 heavy (non-hydrogen) atoms. The Morgan fingerprint density at radius 2 is 1.79 bits per heavy atom. The van der Waals surface area contributed by atoms with Crippen molar-refractivity contribution in [2.24, 2.45) is 0 Å². The monoisotopic (exact) mass is 534 g/mol. The number of aromatic nitrogens is 2. The van der Waals surface area contributed by atoms with Crippen LogP contribution in [0.1, 0.15) is 33.6 Å². The van der Waals surface area contributed by atoms with Gasteiger partial charge in [-0.25, -0.2) is 4.98 Å². The number of benzene rings is 2. The number of hydrogen-bond donors (Lipinski definition) is 0. The highest BCUT2D eigenvalue weighted by atomic mass is 35.5. The van der Waals surface area contributed by atoms with E-state index < -0.39 is 0 Å². The Bertz CT molecular complexity index is 1450. The molecule has 1 aliphatic carbocycles. The Balaban J connectivity index is 1.58. The summed E-state index contributed by atoms with van der Waals surface area (Å²) in [7, 11) is 0. The van der Waals surface area contributed by atoms with Crippen molar-refractivity contribution < 1.29 is 4.79 Å². The molecular weight excluding hydrogens is 519 g/mol. The summed E-state index contributed by atoms with van der Waals surface area (Å²) in [6, 6.07) is 11.9. The second-order valence-corrected chi connectivity index (χ2v) is 11.0. The van der Waals surface area contributed by atoms with Gasteiger partial charge in [0.1, 0.15) is 4.83 Å². The van der Waals surface area contributed by atoms with E-state index in [2.05, 4.69) is 0 Å². The molecule has 4 aromatic rings. The number of halogens is 3. The first-order chi connectivity index (χ1) is 15.9. The molecule has 0 spiro atoms. The van der Waals surface area contributed by atoms with Crippen LogP contribution in [0.5, 0.6) is 0 Å². The molecule has 9 heteroatoms. The molecule has 0 bridgehead atoms. The van der Waals surface area contributed by atoms with Crippen molar-refractivity contribution in [1.82, 2.24) is 9.55 Å². The van der Waals surface area contributed by atoms with Gasteiger partial charge < -0.3 is 0 Å². The molecule has 0 N–H and O–H groups in total. The standard InChI is InChI=1S/C24H17Cl3N2O2S2/c25-14-6-8-15(9-7-14)29-23(31)21-16-3-1-2-4-20(16)33-22(21)28-24(29)32-12-19(30)13-5-10-17(26)18(27)11-13/h5-11H,1-4,12H2. The quantitative estimate of drug-likeness (QED) is 0.153. The Kier molecular flexibility index (Phi) is 6.56. The van der Waals surface area contributed by atoms with E-state index in [1.54, 1.807) is 58.4 Å². The highest BCUT2D eigenvalue weighted by Gasteiger charge is 2.23. The number of thioether (sulfide) groups is 1. The fourth-order valence-electron chi connectivity index (χ4n) is 3.98. The molecule has 5 rings (SSSR count). The summed E-state index contributed by atoms with van der Waals surface area (Å²) in [5.41, 5.74) is 2.15. The first-order valence-electron chi connectivity index (χ1n) is 10.4. The summed E-state index contributed by atoms with van der Waals surface area (Å²) < 4.78 is 1.59. The van der Waals surface area contributed by atoms with Crippen molar-refractivity contribution in [3.63, 3.8) is 0 Å². The van der Waals surface area contributed by atoms with Gasteiger partial charge in [-0.3, -0.25) is 14.2 Å². The smallest absolute Gasteiger partial charge is 0.267 e. The topological polar surface area (TPSA) is 52.0 Å². The van der Waals surface area contributed by atoms with Crippen LogP contribution in [0.2, 0.25) is 15.1 Å². The minimum atomic E-state index is -0.124. The van der Waals surface area contributed by atoms with Crippen LogP contribution in [0, 0.1) is 0 Å². The van der Waals surface area contributed by atoms with Crippen LogP contribution >= 0.6 is 57.9 Å². The van der Waals surface area contributed by atoms with Crippen molar-refractivity contribution in [2.75, 3.05) is 5.75 Å². The van der Waals surface area contributed by atoms with E-state index in [1.165, 1.54) is 16.6 Å². The van der Waals surface area contributed by atoms with Crippen LogP contribution in [0.4, 0.5) is 0 Å². The lowest BCUT2D eigenvalue weighted by molar-refractivity contribution is 0.102. The van der Waals surface area contributed by atoms with E-state index in [0.29, 0.717) is 36.9 Å². The molecule has 4 nitrogen and oxygen atoms in total. The third kappa shape index (κ3) is 4.47. The maximum atomic E-state index is 13.7. The highest BCUT2D eigenvalue weighted by molar-refractivity contribution is 7.99. The molecule has 168 valence electrons. The number of Topliss-reactive ketones (excluding diaryl/α,β-unsaturated/α-hetero) is 1. The predicted molar refractivity (Wildman–Crippen MR) is 138 cm³/mol. The van der Waals surface area contributed by atoms with Gasteiger partial charge in [-0.05, 0) is 73.7 Å². The maximum absolute atomic E-state index is 13.7. The summed E-state index contributed by atoms with van der Waals surface area (Å²) in [6.45, 7) is 0. The van der Waals surface area contributed by atoms with Gasteiger partial charge in [0.05, 0.1) is 26.9 Å². The van der Waals surface area contributed by atoms with Crippen molar-refractivity contribution in [2.45, 2.75) is 30.8 Å². The average molecular weight is 536 g/mol. The lowest BCUT2D eigenvalue weighted by atomic mass is 9.97. The average Bonchev–Trinajstić information content (AvgIpc) is 3.19. The van der Waals surface area contributed by atoms with Gasteiger partial charge in [0, 0.05) is 15.5 Å². The lowest BCUT2D eigenvalue weighted by Gasteiger charge is -2.13. The molecule has 0 amide bonds. The number of fused-ring (bicyclic) bond motifs is 3. The molecule has 0 fully saturated rings. The molecule has 2 heterocycles. The van der Waals surface area contributed by atoms with Crippen molar-refractivity contribution in [3.05, 3.63) is 83.9 Å². The van der Waals surface area contributed by atoms with Gasteiger partial charge in [0.15, 0.2) is 10.9 Å². The first kappa shape index (κ1) is 22.9. The van der Waals surface area contributed by atoms with E-state index >= 15 is 0 Å². The molecule has 0 radical (unpaired) electrons. The summed E-state index contributed by atoms with van der Waals surface area (Å²) in [5, 5.41) is 2.48. The molecule has 0 atom stereocenters. The molecule has 0 aliphatic heterocycles. The zero-order valence-corrected chi connectivity index (χ0v) is 21.1.